The van der Waals surface area contributed by atoms with Gasteiger partial charge in [-0.25, -0.2) is 0 Å². The summed E-state index contributed by atoms with van der Waals surface area (Å²) in [5.74, 6) is 0. The fourth-order valence-electron chi connectivity index (χ4n) is 2.22. The topological polar surface area (TPSA) is 86.7 Å². The lowest BCUT2D eigenvalue weighted by atomic mass is 10.1. The summed E-state index contributed by atoms with van der Waals surface area (Å²) in [6, 6.07) is 14.5. The average Bonchev–Trinajstić information content (AvgIpc) is 3.03. The van der Waals surface area contributed by atoms with Crippen LogP contribution in [0.3, 0.4) is 0 Å². The Labute approximate surface area is 142 Å². The van der Waals surface area contributed by atoms with Crippen molar-refractivity contribution >= 4 is 17.4 Å². The van der Waals surface area contributed by atoms with Crippen LogP contribution in [0.2, 0.25) is 0 Å². The molecule has 0 aliphatic heterocycles. The van der Waals surface area contributed by atoms with Gasteiger partial charge in [-0.1, -0.05) is 41.6 Å². The maximum atomic E-state index is 10.9. The van der Waals surface area contributed by atoms with Crippen molar-refractivity contribution in [2.24, 2.45) is 0 Å². The van der Waals surface area contributed by atoms with E-state index in [0.717, 1.165) is 16.8 Å². The predicted octanol–water partition coefficient (Wildman–Crippen LogP) is 3.73. The first-order valence-corrected chi connectivity index (χ1v) is 8.19. The SMILES string of the molecule is Cc1ccc(-n2nnnc2S[C@@H](C)c2cccc([N+](=O)[O-])c2)cc1. The Kier molecular flexibility index (Phi) is 4.57. The molecule has 24 heavy (non-hydrogen) atoms. The Morgan fingerprint density at radius 1 is 1.21 bits per heavy atom. The first-order valence-electron chi connectivity index (χ1n) is 7.31. The van der Waals surface area contributed by atoms with E-state index in [1.807, 2.05) is 44.2 Å². The predicted molar refractivity (Wildman–Crippen MR) is 91.3 cm³/mol. The highest BCUT2D eigenvalue weighted by Gasteiger charge is 2.16. The standard InChI is InChI=1S/C16H15N5O2S/c1-11-6-8-14(9-7-11)20-16(17-18-19-20)24-12(2)13-4-3-5-15(10-13)21(22)23/h3-10,12H,1-2H3/t12-/m0/s1. The molecule has 0 bridgehead atoms. The minimum absolute atomic E-state index is 0.0277. The molecule has 122 valence electrons. The van der Waals surface area contributed by atoms with Crippen LogP contribution in [0, 0.1) is 17.0 Å². The number of non-ortho nitro benzene ring substituents is 1. The van der Waals surface area contributed by atoms with E-state index in [2.05, 4.69) is 15.5 Å². The van der Waals surface area contributed by atoms with Crippen molar-refractivity contribution in [1.29, 1.82) is 0 Å². The number of thioether (sulfide) groups is 1. The molecule has 2 aromatic carbocycles. The molecule has 1 aromatic heterocycles. The van der Waals surface area contributed by atoms with Gasteiger partial charge in [0.1, 0.15) is 0 Å². The molecule has 0 unspecified atom stereocenters. The van der Waals surface area contributed by atoms with Gasteiger partial charge >= 0.3 is 0 Å². The van der Waals surface area contributed by atoms with Crippen molar-refractivity contribution in [3.63, 3.8) is 0 Å². The minimum atomic E-state index is -0.392. The van der Waals surface area contributed by atoms with Gasteiger partial charge in [0, 0.05) is 17.4 Å². The molecule has 1 heterocycles. The smallest absolute Gasteiger partial charge is 0.258 e. The third kappa shape index (κ3) is 3.43. The van der Waals surface area contributed by atoms with Crippen LogP contribution in [0.25, 0.3) is 5.69 Å². The maximum Gasteiger partial charge on any atom is 0.269 e. The zero-order valence-electron chi connectivity index (χ0n) is 13.2. The highest BCUT2D eigenvalue weighted by Crippen LogP contribution is 2.35. The van der Waals surface area contributed by atoms with Crippen molar-refractivity contribution in [2.75, 3.05) is 0 Å². The van der Waals surface area contributed by atoms with E-state index < -0.39 is 4.92 Å². The molecule has 0 saturated heterocycles. The van der Waals surface area contributed by atoms with E-state index in [4.69, 9.17) is 0 Å². The number of aromatic nitrogens is 4. The van der Waals surface area contributed by atoms with Crippen LogP contribution < -0.4 is 0 Å². The molecule has 0 fully saturated rings. The van der Waals surface area contributed by atoms with Gasteiger partial charge in [0.2, 0.25) is 5.16 Å². The summed E-state index contributed by atoms with van der Waals surface area (Å²) in [6.45, 7) is 3.99. The molecule has 1 atom stereocenters. The first-order chi connectivity index (χ1) is 11.5. The van der Waals surface area contributed by atoms with Crippen molar-refractivity contribution < 1.29 is 4.92 Å². The molecule has 7 nitrogen and oxygen atoms in total. The number of hydrogen-bond donors (Lipinski definition) is 0. The quantitative estimate of drug-likeness (QED) is 0.399. The van der Waals surface area contributed by atoms with Gasteiger partial charge in [0.25, 0.3) is 5.69 Å². The number of nitro benzene ring substituents is 1. The fourth-order valence-corrected chi connectivity index (χ4v) is 3.14. The summed E-state index contributed by atoms with van der Waals surface area (Å²) in [4.78, 5) is 10.5. The fraction of sp³-hybridized carbons (Fsp3) is 0.188. The van der Waals surface area contributed by atoms with Crippen molar-refractivity contribution in [3.8, 4) is 5.69 Å². The number of aryl methyl sites for hydroxylation is 1. The van der Waals surface area contributed by atoms with Crippen molar-refractivity contribution in [3.05, 3.63) is 69.8 Å². The Hall–Kier alpha value is -2.74. The molecule has 8 heteroatoms. The zero-order valence-corrected chi connectivity index (χ0v) is 14.0. The average molecular weight is 341 g/mol. The third-order valence-electron chi connectivity index (χ3n) is 3.55. The Balaban J connectivity index is 1.84. The van der Waals surface area contributed by atoms with Crippen LogP contribution >= 0.6 is 11.8 Å². The van der Waals surface area contributed by atoms with E-state index in [1.54, 1.807) is 16.8 Å². The second kappa shape index (κ2) is 6.79. The molecule has 0 aliphatic carbocycles. The zero-order chi connectivity index (χ0) is 17.1. The first kappa shape index (κ1) is 16.1. The molecule has 0 amide bonds. The van der Waals surface area contributed by atoms with Crippen LogP contribution in [0.1, 0.15) is 23.3 Å². The number of tetrazole rings is 1. The molecule has 0 saturated carbocycles. The number of hydrogen-bond acceptors (Lipinski definition) is 6. The molecular formula is C16H15N5O2S. The van der Waals surface area contributed by atoms with Crippen LogP contribution in [-0.4, -0.2) is 25.1 Å². The summed E-state index contributed by atoms with van der Waals surface area (Å²) in [5, 5.41) is 23.4. The van der Waals surface area contributed by atoms with E-state index in [9.17, 15) is 10.1 Å². The molecule has 3 rings (SSSR count). The largest absolute Gasteiger partial charge is 0.269 e. The van der Waals surface area contributed by atoms with Crippen molar-refractivity contribution in [2.45, 2.75) is 24.3 Å². The molecule has 0 N–H and O–H groups in total. The van der Waals surface area contributed by atoms with Gasteiger partial charge in [-0.05, 0) is 42.0 Å². The van der Waals surface area contributed by atoms with Gasteiger partial charge < -0.3 is 0 Å². The van der Waals surface area contributed by atoms with Crippen LogP contribution in [0.15, 0.2) is 53.7 Å². The second-order valence-electron chi connectivity index (χ2n) is 5.32. The van der Waals surface area contributed by atoms with E-state index in [0.29, 0.717) is 5.16 Å². The van der Waals surface area contributed by atoms with Crippen LogP contribution in [0.4, 0.5) is 5.69 Å². The third-order valence-corrected chi connectivity index (χ3v) is 4.64. The van der Waals surface area contributed by atoms with Crippen molar-refractivity contribution in [1.82, 2.24) is 20.2 Å². The second-order valence-corrected chi connectivity index (χ2v) is 6.63. The number of rotatable bonds is 5. The van der Waals surface area contributed by atoms with Gasteiger partial charge in [0.05, 0.1) is 10.6 Å². The normalized spacial score (nSPS) is 12.1. The van der Waals surface area contributed by atoms with Gasteiger partial charge in [-0.3, -0.25) is 10.1 Å². The van der Waals surface area contributed by atoms with E-state index >= 15 is 0 Å². The van der Waals surface area contributed by atoms with Gasteiger partial charge in [-0.2, -0.15) is 4.68 Å². The maximum absolute atomic E-state index is 10.9. The van der Waals surface area contributed by atoms with E-state index in [1.165, 1.54) is 17.8 Å². The molecule has 0 spiro atoms. The molecule has 3 aromatic rings. The highest BCUT2D eigenvalue weighted by atomic mass is 32.2. The number of nitrogens with zero attached hydrogens (tertiary/aromatic N) is 5. The Bertz CT molecular complexity index is 863. The van der Waals surface area contributed by atoms with Gasteiger partial charge in [-0.15, -0.1) is 5.10 Å². The highest BCUT2D eigenvalue weighted by molar-refractivity contribution is 7.99. The lowest BCUT2D eigenvalue weighted by Gasteiger charge is -2.11. The molecule has 0 radical (unpaired) electrons. The molecular weight excluding hydrogens is 326 g/mol. The Morgan fingerprint density at radius 3 is 2.67 bits per heavy atom. The lowest BCUT2D eigenvalue weighted by molar-refractivity contribution is -0.384. The van der Waals surface area contributed by atoms with E-state index in [-0.39, 0.29) is 10.9 Å². The van der Waals surface area contributed by atoms with Crippen LogP contribution in [-0.2, 0) is 0 Å². The van der Waals surface area contributed by atoms with Crippen LogP contribution in [0.5, 0.6) is 0 Å². The minimum Gasteiger partial charge on any atom is -0.258 e. The van der Waals surface area contributed by atoms with Gasteiger partial charge in [0.15, 0.2) is 0 Å². The number of benzene rings is 2. The summed E-state index contributed by atoms with van der Waals surface area (Å²) in [7, 11) is 0. The Morgan fingerprint density at radius 2 is 1.96 bits per heavy atom. The summed E-state index contributed by atoms with van der Waals surface area (Å²) < 4.78 is 1.66. The lowest BCUT2D eigenvalue weighted by Crippen LogP contribution is -2.00. The summed E-state index contributed by atoms with van der Waals surface area (Å²) >= 11 is 1.45. The summed E-state index contributed by atoms with van der Waals surface area (Å²) in [5.41, 5.74) is 2.97. The molecule has 0 aliphatic rings. The number of nitro groups is 1. The monoisotopic (exact) mass is 341 g/mol. The summed E-state index contributed by atoms with van der Waals surface area (Å²) in [6.07, 6.45) is 0.